The van der Waals surface area contributed by atoms with Crippen LogP contribution in [0.3, 0.4) is 0 Å². The van der Waals surface area contributed by atoms with Crippen LogP contribution in [-0.4, -0.2) is 19.7 Å². The van der Waals surface area contributed by atoms with Gasteiger partial charge in [0.15, 0.2) is 11.6 Å². The molecule has 0 saturated carbocycles. The Kier molecular flexibility index (Phi) is 3.42. The van der Waals surface area contributed by atoms with Gasteiger partial charge in [0.25, 0.3) is 5.82 Å². The van der Waals surface area contributed by atoms with E-state index >= 15 is 0 Å². The molecule has 0 amide bonds. The number of halogens is 3. The average Bonchev–Trinajstić information content (AvgIpc) is 2.84. The van der Waals surface area contributed by atoms with Crippen LogP contribution in [0.2, 0.25) is 0 Å². The van der Waals surface area contributed by atoms with Crippen LogP contribution in [0, 0.1) is 11.3 Å². The van der Waals surface area contributed by atoms with Gasteiger partial charge in [-0.15, -0.1) is 5.10 Å². The molecule has 2 heterocycles. The van der Waals surface area contributed by atoms with E-state index in [0.717, 1.165) is 4.68 Å². The first-order chi connectivity index (χ1) is 9.32. The Morgan fingerprint density at radius 1 is 1.40 bits per heavy atom. The zero-order chi connectivity index (χ0) is 14.9. The summed E-state index contributed by atoms with van der Waals surface area (Å²) in [6.45, 7) is 1.49. The first kappa shape index (κ1) is 14.0. The lowest BCUT2D eigenvalue weighted by atomic mass is 10.3. The quantitative estimate of drug-likeness (QED) is 0.902. The predicted octanol–water partition coefficient (Wildman–Crippen LogP) is 1.57. The molecule has 0 radical (unpaired) electrons. The van der Waals surface area contributed by atoms with Gasteiger partial charge in [-0.1, -0.05) is 0 Å². The minimum atomic E-state index is -4.67. The molecule has 9 heteroatoms. The third-order valence-electron chi connectivity index (χ3n) is 2.39. The second-order valence-corrected chi connectivity index (χ2v) is 4.01. The first-order valence-corrected chi connectivity index (χ1v) is 5.49. The molecule has 0 saturated heterocycles. The van der Waals surface area contributed by atoms with Crippen molar-refractivity contribution in [2.75, 3.05) is 0 Å². The molecule has 104 valence electrons. The second kappa shape index (κ2) is 4.90. The fourth-order valence-corrected chi connectivity index (χ4v) is 1.49. The number of hydrogen-bond donors (Lipinski definition) is 1. The van der Waals surface area contributed by atoms with E-state index < -0.39 is 18.0 Å². The fourth-order valence-electron chi connectivity index (χ4n) is 1.49. The molecule has 0 bridgehead atoms. The molecule has 0 aromatic carbocycles. The molecule has 2 rings (SSSR count). The Labute approximate surface area is 111 Å². The van der Waals surface area contributed by atoms with Gasteiger partial charge in [0.1, 0.15) is 6.07 Å². The first-order valence-electron chi connectivity index (χ1n) is 5.49. The standard InChI is InChI=1S/C11H9F3N6/c1-6(16)9-18-10(11(12,13)14)19-20(9)8-3-2-7(4-15)5-17-8/h2-3,5-6H,16H2,1H3/t6-/m0/s1. The summed E-state index contributed by atoms with van der Waals surface area (Å²) in [6.07, 6.45) is -3.43. The molecule has 2 aromatic heterocycles. The van der Waals surface area contributed by atoms with Crippen molar-refractivity contribution in [1.29, 1.82) is 5.26 Å². The number of nitriles is 1. The summed E-state index contributed by atoms with van der Waals surface area (Å²) in [6, 6.07) is 3.90. The molecule has 0 aliphatic carbocycles. The van der Waals surface area contributed by atoms with Crippen LogP contribution in [-0.2, 0) is 6.18 Å². The molecule has 0 spiro atoms. The van der Waals surface area contributed by atoms with Crippen LogP contribution in [0.15, 0.2) is 18.3 Å². The molecule has 2 aromatic rings. The molecular weight excluding hydrogens is 273 g/mol. The topological polar surface area (TPSA) is 93.4 Å². The van der Waals surface area contributed by atoms with E-state index in [9.17, 15) is 13.2 Å². The van der Waals surface area contributed by atoms with Gasteiger partial charge in [-0.25, -0.2) is 9.97 Å². The highest BCUT2D eigenvalue weighted by atomic mass is 19.4. The van der Waals surface area contributed by atoms with Gasteiger partial charge >= 0.3 is 6.18 Å². The molecule has 0 unspecified atom stereocenters. The normalized spacial score (nSPS) is 13.0. The van der Waals surface area contributed by atoms with Crippen molar-refractivity contribution in [3.05, 3.63) is 35.5 Å². The lowest BCUT2D eigenvalue weighted by Gasteiger charge is -2.06. The van der Waals surface area contributed by atoms with Gasteiger partial charge < -0.3 is 5.73 Å². The molecule has 20 heavy (non-hydrogen) atoms. The van der Waals surface area contributed by atoms with E-state index in [1.165, 1.54) is 25.3 Å². The van der Waals surface area contributed by atoms with Crippen LogP contribution in [0.5, 0.6) is 0 Å². The SMILES string of the molecule is C[C@H](N)c1nc(C(F)(F)F)nn1-c1ccc(C#N)cn1. The molecular formula is C11H9F3N6. The van der Waals surface area contributed by atoms with Crippen LogP contribution < -0.4 is 5.73 Å². The smallest absolute Gasteiger partial charge is 0.322 e. The van der Waals surface area contributed by atoms with E-state index in [1.807, 2.05) is 6.07 Å². The van der Waals surface area contributed by atoms with E-state index in [0.29, 0.717) is 0 Å². The molecule has 0 aliphatic heterocycles. The number of nitrogens with two attached hydrogens (primary N) is 1. The molecule has 6 nitrogen and oxygen atoms in total. The summed E-state index contributed by atoms with van der Waals surface area (Å²) in [5, 5.41) is 12.0. The van der Waals surface area contributed by atoms with E-state index in [-0.39, 0.29) is 17.2 Å². The van der Waals surface area contributed by atoms with Crippen molar-refractivity contribution in [3.63, 3.8) is 0 Å². The number of alkyl halides is 3. The monoisotopic (exact) mass is 282 g/mol. The summed E-state index contributed by atoms with van der Waals surface area (Å²) in [7, 11) is 0. The number of hydrogen-bond acceptors (Lipinski definition) is 5. The third kappa shape index (κ3) is 2.60. The van der Waals surface area contributed by atoms with Crippen molar-refractivity contribution in [3.8, 4) is 11.9 Å². The second-order valence-electron chi connectivity index (χ2n) is 4.01. The largest absolute Gasteiger partial charge is 0.453 e. The van der Waals surface area contributed by atoms with Gasteiger partial charge in [-0.2, -0.15) is 23.1 Å². The summed E-state index contributed by atoms with van der Waals surface area (Å²) < 4.78 is 38.8. The van der Waals surface area contributed by atoms with Crippen molar-refractivity contribution in [2.24, 2.45) is 5.73 Å². The van der Waals surface area contributed by atoms with Crippen LogP contribution in [0.4, 0.5) is 13.2 Å². The fraction of sp³-hybridized carbons (Fsp3) is 0.273. The number of rotatable bonds is 2. The van der Waals surface area contributed by atoms with Gasteiger partial charge in [-0.3, -0.25) is 0 Å². The zero-order valence-corrected chi connectivity index (χ0v) is 10.3. The molecule has 0 fully saturated rings. The minimum Gasteiger partial charge on any atom is -0.322 e. The van der Waals surface area contributed by atoms with Crippen LogP contribution in [0.1, 0.15) is 30.2 Å². The third-order valence-corrected chi connectivity index (χ3v) is 2.39. The molecule has 0 aliphatic rings. The number of pyridine rings is 1. The molecule has 2 N–H and O–H groups in total. The highest BCUT2D eigenvalue weighted by molar-refractivity contribution is 5.32. The van der Waals surface area contributed by atoms with Crippen LogP contribution >= 0.6 is 0 Å². The summed E-state index contributed by atoms with van der Waals surface area (Å²) >= 11 is 0. The zero-order valence-electron chi connectivity index (χ0n) is 10.3. The Balaban J connectivity index is 2.54. The van der Waals surface area contributed by atoms with Gasteiger partial charge in [0, 0.05) is 6.20 Å². The number of nitrogens with zero attached hydrogens (tertiary/aromatic N) is 5. The molecule has 1 atom stereocenters. The van der Waals surface area contributed by atoms with E-state index in [2.05, 4.69) is 15.1 Å². The van der Waals surface area contributed by atoms with Crippen LogP contribution in [0.25, 0.3) is 5.82 Å². The summed E-state index contributed by atoms with van der Waals surface area (Å²) in [4.78, 5) is 7.27. The van der Waals surface area contributed by atoms with Gasteiger partial charge in [0.2, 0.25) is 0 Å². The maximum atomic E-state index is 12.6. The van der Waals surface area contributed by atoms with Crippen molar-refractivity contribution < 1.29 is 13.2 Å². The van der Waals surface area contributed by atoms with Gasteiger partial charge in [0.05, 0.1) is 11.6 Å². The summed E-state index contributed by atoms with van der Waals surface area (Å²) in [5.74, 6) is -1.23. The van der Waals surface area contributed by atoms with E-state index in [4.69, 9.17) is 11.0 Å². The lowest BCUT2D eigenvalue weighted by Crippen LogP contribution is -2.14. The Morgan fingerprint density at radius 3 is 2.55 bits per heavy atom. The number of aromatic nitrogens is 4. The van der Waals surface area contributed by atoms with E-state index in [1.54, 1.807) is 0 Å². The van der Waals surface area contributed by atoms with Crippen molar-refractivity contribution >= 4 is 0 Å². The average molecular weight is 282 g/mol. The minimum absolute atomic E-state index is 0.0606. The summed E-state index contributed by atoms with van der Waals surface area (Å²) in [5.41, 5.74) is 5.88. The Bertz CT molecular complexity index is 650. The van der Waals surface area contributed by atoms with Gasteiger partial charge in [-0.05, 0) is 19.1 Å². The highest BCUT2D eigenvalue weighted by Gasteiger charge is 2.37. The highest BCUT2D eigenvalue weighted by Crippen LogP contribution is 2.28. The Hall–Kier alpha value is -2.47. The van der Waals surface area contributed by atoms with Crippen molar-refractivity contribution in [1.82, 2.24) is 19.7 Å². The van der Waals surface area contributed by atoms with Crippen molar-refractivity contribution in [2.45, 2.75) is 19.1 Å². The lowest BCUT2D eigenvalue weighted by molar-refractivity contribution is -0.144. The maximum absolute atomic E-state index is 12.6. The Morgan fingerprint density at radius 2 is 2.10 bits per heavy atom. The maximum Gasteiger partial charge on any atom is 0.453 e. The predicted molar refractivity (Wildman–Crippen MR) is 61.5 cm³/mol.